The number of allylic oxidation sites excluding steroid dienone is 1. The van der Waals surface area contributed by atoms with Gasteiger partial charge in [-0.3, -0.25) is 4.79 Å². The molecule has 5 nitrogen and oxygen atoms in total. The topological polar surface area (TPSA) is 50.8 Å². The van der Waals surface area contributed by atoms with E-state index in [-0.39, 0.29) is 22.9 Å². The number of rotatable bonds is 19. The Balaban J connectivity index is 0.00000560. The van der Waals surface area contributed by atoms with Gasteiger partial charge in [0, 0.05) is 24.0 Å². The number of benzene rings is 2. The lowest BCUT2D eigenvalue weighted by atomic mass is 10.1. The van der Waals surface area contributed by atoms with Crippen molar-refractivity contribution >= 4 is 40.3 Å². The number of para-hydroxylation sites is 1. The molecule has 7 heteroatoms. The Morgan fingerprint density at radius 2 is 1.55 bits per heavy atom. The molecule has 0 fully saturated rings. The molecule has 0 bridgehead atoms. The molecular weight excluding hydrogens is 584 g/mol. The molecule has 3 rings (SSSR count). The summed E-state index contributed by atoms with van der Waals surface area (Å²) in [6.07, 6.45) is 18.0. The zero-order valence-corrected chi connectivity index (χ0v) is 27.2. The van der Waals surface area contributed by atoms with Gasteiger partial charge in [-0.1, -0.05) is 95.8 Å². The van der Waals surface area contributed by atoms with Gasteiger partial charge in [-0.05, 0) is 48.1 Å². The predicted octanol–water partition coefficient (Wildman–Crippen LogP) is 9.97. The monoisotopic (exact) mass is 632 g/mol. The van der Waals surface area contributed by atoms with Crippen LogP contribution in [0.1, 0.15) is 107 Å². The number of methoxy groups -OCH3 is 1. The van der Waals surface area contributed by atoms with Gasteiger partial charge in [0.05, 0.1) is 19.6 Å². The first-order valence-corrected chi connectivity index (χ1v) is 15.8. The van der Waals surface area contributed by atoms with Gasteiger partial charge in [0.1, 0.15) is 0 Å². The highest BCUT2D eigenvalue weighted by Crippen LogP contribution is 2.30. The lowest BCUT2D eigenvalue weighted by molar-refractivity contribution is 0.102. The maximum Gasteiger partial charge on any atom is 0.255 e. The summed E-state index contributed by atoms with van der Waals surface area (Å²) < 4.78 is 11.6. The molecule has 1 N–H and O–H groups in total. The normalized spacial score (nSPS) is 12.6. The highest BCUT2D eigenvalue weighted by molar-refractivity contribution is 8.93. The van der Waals surface area contributed by atoms with Crippen molar-refractivity contribution in [2.45, 2.75) is 97.4 Å². The zero-order chi connectivity index (χ0) is 27.7. The van der Waals surface area contributed by atoms with E-state index >= 15 is 0 Å². The number of unbranched alkanes of at least 4 members (excludes halogenated alkanes) is 11. The summed E-state index contributed by atoms with van der Waals surface area (Å²) in [4.78, 5) is 16.7. The second-order valence-electron chi connectivity index (χ2n) is 10.5. The van der Waals surface area contributed by atoms with Gasteiger partial charge < -0.3 is 19.7 Å². The number of nitrogens with zero attached hydrogens (tertiary/aromatic N) is 1. The molecule has 0 aromatic heterocycles. The van der Waals surface area contributed by atoms with E-state index in [4.69, 9.17) is 9.47 Å². The fraction of sp³-hybridized carbons (Fsp3) is 0.545. The Morgan fingerprint density at radius 1 is 0.900 bits per heavy atom. The minimum atomic E-state index is -0.157. The molecule has 0 unspecified atom stereocenters. The lowest BCUT2D eigenvalue weighted by Gasteiger charge is -2.18. The van der Waals surface area contributed by atoms with Crippen molar-refractivity contribution in [3.63, 3.8) is 0 Å². The number of ether oxygens (including phenoxy) is 2. The number of carbonyl (C=O) groups is 1. The highest BCUT2D eigenvalue weighted by atomic mass is 79.9. The molecule has 0 radical (unpaired) electrons. The van der Waals surface area contributed by atoms with E-state index in [1.54, 1.807) is 19.2 Å². The van der Waals surface area contributed by atoms with E-state index in [0.717, 1.165) is 30.1 Å². The zero-order valence-electron chi connectivity index (χ0n) is 24.7. The van der Waals surface area contributed by atoms with E-state index in [1.165, 1.54) is 75.5 Å². The van der Waals surface area contributed by atoms with Gasteiger partial charge in [-0.15, -0.1) is 28.7 Å². The second-order valence-corrected chi connectivity index (χ2v) is 11.7. The second kappa shape index (κ2) is 19.9. The fourth-order valence-corrected chi connectivity index (χ4v) is 5.61. The minimum absolute atomic E-state index is 0. The predicted molar refractivity (Wildman–Crippen MR) is 176 cm³/mol. The summed E-state index contributed by atoms with van der Waals surface area (Å²) in [6, 6.07) is 13.4. The van der Waals surface area contributed by atoms with E-state index in [2.05, 4.69) is 36.3 Å². The summed E-state index contributed by atoms with van der Waals surface area (Å²) in [5, 5.41) is 3.09. The molecule has 2 aromatic rings. The summed E-state index contributed by atoms with van der Waals surface area (Å²) >= 11 is 1.84. The molecule has 40 heavy (non-hydrogen) atoms. The van der Waals surface area contributed by atoms with Crippen LogP contribution >= 0.6 is 28.7 Å². The van der Waals surface area contributed by atoms with Crippen molar-refractivity contribution < 1.29 is 14.3 Å². The molecule has 0 aliphatic carbocycles. The third-order valence-electron chi connectivity index (χ3n) is 7.14. The van der Waals surface area contributed by atoms with Crippen molar-refractivity contribution in [2.24, 2.45) is 0 Å². The Hall–Kier alpha value is -2.12. The van der Waals surface area contributed by atoms with Crippen LogP contribution in [0.3, 0.4) is 0 Å². The number of hydrogen-bond donors (Lipinski definition) is 1. The van der Waals surface area contributed by atoms with Crippen LogP contribution in [-0.2, 0) is 6.54 Å². The third-order valence-corrected chi connectivity index (χ3v) is 8.16. The van der Waals surface area contributed by atoms with Gasteiger partial charge in [0.2, 0.25) is 0 Å². The smallest absolute Gasteiger partial charge is 0.255 e. The quantitative estimate of drug-likeness (QED) is 0.156. The number of halogens is 1. The highest BCUT2D eigenvalue weighted by Gasteiger charge is 2.15. The maximum atomic E-state index is 13.1. The van der Waals surface area contributed by atoms with Crippen LogP contribution < -0.4 is 14.8 Å². The molecule has 1 aliphatic heterocycles. The van der Waals surface area contributed by atoms with Crippen LogP contribution in [0.25, 0.3) is 0 Å². The Labute approximate surface area is 257 Å². The van der Waals surface area contributed by atoms with E-state index in [0.29, 0.717) is 23.7 Å². The number of amides is 1. The minimum Gasteiger partial charge on any atom is -0.493 e. The number of carbonyl (C=O) groups excluding carboxylic acids is 1. The van der Waals surface area contributed by atoms with Crippen LogP contribution in [0.5, 0.6) is 11.5 Å². The molecule has 1 amide bonds. The first-order chi connectivity index (χ1) is 19.1. The molecule has 1 aliphatic rings. The number of thioether (sulfide) groups is 1. The summed E-state index contributed by atoms with van der Waals surface area (Å²) in [7, 11) is 1.62. The van der Waals surface area contributed by atoms with Crippen LogP contribution in [0.15, 0.2) is 53.6 Å². The van der Waals surface area contributed by atoms with Gasteiger partial charge >= 0.3 is 0 Å². The summed E-state index contributed by atoms with van der Waals surface area (Å²) in [5.41, 5.74) is 2.47. The number of nitrogens with one attached hydrogen (secondary N) is 1. The molecule has 0 atom stereocenters. The van der Waals surface area contributed by atoms with Crippen molar-refractivity contribution in [2.75, 3.05) is 24.9 Å². The van der Waals surface area contributed by atoms with Crippen molar-refractivity contribution in [3.8, 4) is 11.5 Å². The average Bonchev–Trinajstić information content (AvgIpc) is 3.36. The average molecular weight is 634 g/mol. The first kappa shape index (κ1) is 34.1. The van der Waals surface area contributed by atoms with Crippen LogP contribution in [0, 0.1) is 0 Å². The largest absolute Gasteiger partial charge is 0.493 e. The number of anilines is 1. The van der Waals surface area contributed by atoms with Crippen LogP contribution in [-0.4, -0.2) is 30.4 Å². The Kier molecular flexibility index (Phi) is 16.9. The van der Waals surface area contributed by atoms with E-state index in [9.17, 15) is 4.79 Å². The molecule has 0 spiro atoms. The first-order valence-electron chi connectivity index (χ1n) is 14.9. The maximum absolute atomic E-state index is 13.1. The molecule has 0 saturated heterocycles. The van der Waals surface area contributed by atoms with Gasteiger partial charge in [-0.25, -0.2) is 0 Å². The Bertz CT molecular complexity index is 1050. The van der Waals surface area contributed by atoms with Crippen LogP contribution in [0.2, 0.25) is 0 Å². The van der Waals surface area contributed by atoms with E-state index < -0.39 is 0 Å². The van der Waals surface area contributed by atoms with E-state index in [1.807, 2.05) is 36.0 Å². The fourth-order valence-electron chi connectivity index (χ4n) is 4.85. The van der Waals surface area contributed by atoms with Gasteiger partial charge in [-0.2, -0.15) is 0 Å². The van der Waals surface area contributed by atoms with Crippen molar-refractivity contribution in [3.05, 3.63) is 64.7 Å². The number of hydrogen-bond acceptors (Lipinski definition) is 5. The third kappa shape index (κ3) is 12.2. The summed E-state index contributed by atoms with van der Waals surface area (Å²) in [5.74, 6) is 2.05. The SMILES string of the molecule is Br.CCCCCCCCCCCCCCOc1ccc(C(=O)Nc2ccccc2CN2C=C(C)SC2)cc1OC. The summed E-state index contributed by atoms with van der Waals surface area (Å²) in [6.45, 7) is 5.82. The van der Waals surface area contributed by atoms with Crippen molar-refractivity contribution in [1.29, 1.82) is 0 Å². The van der Waals surface area contributed by atoms with Gasteiger partial charge in [0.15, 0.2) is 11.5 Å². The molecule has 0 saturated carbocycles. The van der Waals surface area contributed by atoms with Gasteiger partial charge in [0.25, 0.3) is 5.91 Å². The molecule has 2 aromatic carbocycles. The van der Waals surface area contributed by atoms with Crippen molar-refractivity contribution in [1.82, 2.24) is 4.90 Å². The standard InChI is InChI=1S/C33H48N2O3S.BrH/c1-4-5-6-7-8-9-10-11-12-13-14-17-22-38-31-21-20-28(23-32(31)37-3)33(36)34-30-19-16-15-18-29(30)25-35-24-27(2)39-26-35;/h15-16,18-21,23-24H,4-14,17,22,25-26H2,1-3H3,(H,34,36);1H. The Morgan fingerprint density at radius 3 is 2.17 bits per heavy atom. The molecular formula is C33H49BrN2O3S. The lowest BCUT2D eigenvalue weighted by Crippen LogP contribution is -2.17. The molecule has 222 valence electrons. The molecule has 1 heterocycles. The van der Waals surface area contributed by atoms with Crippen LogP contribution in [0.4, 0.5) is 5.69 Å².